The van der Waals surface area contributed by atoms with Crippen LogP contribution in [0.4, 0.5) is 15.6 Å². The summed E-state index contributed by atoms with van der Waals surface area (Å²) < 4.78 is 4.61. The maximum Gasteiger partial charge on any atom is 0.413 e. The van der Waals surface area contributed by atoms with Crippen molar-refractivity contribution in [2.24, 2.45) is 0 Å². The highest BCUT2D eigenvalue weighted by atomic mass is 32.1. The molecule has 4 rings (SSSR count). The van der Waals surface area contributed by atoms with Gasteiger partial charge in [-0.15, -0.1) is 0 Å². The van der Waals surface area contributed by atoms with Crippen LogP contribution in [0.1, 0.15) is 22.6 Å². The number of benzene rings is 1. The summed E-state index contributed by atoms with van der Waals surface area (Å²) in [5, 5.41) is 3.17. The van der Waals surface area contributed by atoms with Crippen molar-refractivity contribution in [2.75, 3.05) is 37.0 Å². The quantitative estimate of drug-likeness (QED) is 0.878. The van der Waals surface area contributed by atoms with E-state index < -0.39 is 6.09 Å². The van der Waals surface area contributed by atoms with Crippen molar-refractivity contribution in [1.29, 1.82) is 0 Å². The molecule has 0 atom stereocenters. The summed E-state index contributed by atoms with van der Waals surface area (Å²) in [4.78, 5) is 33.9. The molecular weight excluding hydrogens is 364 g/mol. The third-order valence-corrected chi connectivity index (χ3v) is 5.97. The normalized spacial score (nSPS) is 16.4. The van der Waals surface area contributed by atoms with E-state index >= 15 is 0 Å². The number of fused-ring (bicyclic) bond motifs is 2. The second-order valence-corrected chi connectivity index (χ2v) is 7.83. The molecular formula is C19H22N4O3S. The number of hydrogen-bond donors (Lipinski definition) is 1. The maximum absolute atomic E-state index is 12.9. The Morgan fingerprint density at radius 1 is 1.26 bits per heavy atom. The van der Waals surface area contributed by atoms with Gasteiger partial charge in [0.25, 0.3) is 0 Å². The van der Waals surface area contributed by atoms with E-state index in [-0.39, 0.29) is 5.91 Å². The summed E-state index contributed by atoms with van der Waals surface area (Å²) in [5.74, 6) is 0.142. The van der Waals surface area contributed by atoms with Crippen LogP contribution in [0.25, 0.3) is 0 Å². The summed E-state index contributed by atoms with van der Waals surface area (Å²) in [6.45, 7) is 2.64. The third-order valence-electron chi connectivity index (χ3n) is 4.97. The number of nitrogens with zero attached hydrogens (tertiary/aromatic N) is 3. The van der Waals surface area contributed by atoms with Gasteiger partial charge in [-0.2, -0.15) is 0 Å². The first kappa shape index (κ1) is 17.9. The van der Waals surface area contributed by atoms with E-state index in [9.17, 15) is 9.59 Å². The van der Waals surface area contributed by atoms with Crippen LogP contribution in [0.3, 0.4) is 0 Å². The molecule has 1 N–H and O–H groups in total. The number of anilines is 2. The van der Waals surface area contributed by atoms with E-state index in [4.69, 9.17) is 0 Å². The number of hydrogen-bond acceptors (Lipinski definition) is 6. The minimum absolute atomic E-state index is 0.142. The Morgan fingerprint density at radius 2 is 2.11 bits per heavy atom. The summed E-state index contributed by atoms with van der Waals surface area (Å²) in [6, 6.07) is 8.16. The number of ether oxygens (including phenoxy) is 1. The molecule has 0 fully saturated rings. The van der Waals surface area contributed by atoms with Crippen LogP contribution in [0.15, 0.2) is 24.3 Å². The Hall–Kier alpha value is -2.45. The van der Waals surface area contributed by atoms with Gasteiger partial charge in [0, 0.05) is 36.6 Å². The lowest BCUT2D eigenvalue weighted by molar-refractivity contribution is -0.120. The van der Waals surface area contributed by atoms with Crippen molar-refractivity contribution < 1.29 is 14.3 Å². The standard InChI is InChI=1S/C19H22N4O3S/c1-26-19(25)21-18-20-14-8-10-22(11-16(14)27-18)12-17(24)23-9-4-6-13-5-2-3-7-15(13)23/h2-3,5,7H,4,6,8-12H2,1H3,(H,20,21,25). The van der Waals surface area contributed by atoms with Crippen molar-refractivity contribution in [1.82, 2.24) is 9.88 Å². The van der Waals surface area contributed by atoms with Crippen molar-refractivity contribution in [2.45, 2.75) is 25.8 Å². The molecule has 0 saturated carbocycles. The fourth-order valence-electron chi connectivity index (χ4n) is 3.64. The van der Waals surface area contributed by atoms with Gasteiger partial charge in [0.15, 0.2) is 5.13 Å². The Bertz CT molecular complexity index is 866. The topological polar surface area (TPSA) is 74.8 Å². The number of thiazole rings is 1. The fourth-order valence-corrected chi connectivity index (χ4v) is 4.68. The number of aromatic nitrogens is 1. The molecule has 0 bridgehead atoms. The molecule has 2 aliphatic heterocycles. The molecule has 0 unspecified atom stereocenters. The molecule has 0 radical (unpaired) electrons. The number of carbonyl (C=O) groups is 2. The predicted molar refractivity (Wildman–Crippen MR) is 104 cm³/mol. The zero-order valence-corrected chi connectivity index (χ0v) is 16.1. The fraction of sp³-hybridized carbons (Fsp3) is 0.421. The van der Waals surface area contributed by atoms with Crippen LogP contribution in [-0.2, 0) is 28.9 Å². The predicted octanol–water partition coefficient (Wildman–Crippen LogP) is 2.66. The van der Waals surface area contributed by atoms with Crippen LogP contribution in [-0.4, -0.2) is 48.6 Å². The SMILES string of the molecule is COC(=O)Nc1nc2c(s1)CN(CC(=O)N1CCCc3ccccc31)CC2. The Kier molecular flexibility index (Phi) is 5.09. The summed E-state index contributed by atoms with van der Waals surface area (Å²) in [7, 11) is 1.33. The monoisotopic (exact) mass is 386 g/mol. The molecule has 1 aromatic heterocycles. The summed E-state index contributed by atoms with van der Waals surface area (Å²) in [6.07, 6.45) is 2.30. The molecule has 0 saturated heterocycles. The number of carbonyl (C=O) groups excluding carboxylic acids is 2. The van der Waals surface area contributed by atoms with Crippen molar-refractivity contribution >= 4 is 34.2 Å². The highest BCUT2D eigenvalue weighted by Gasteiger charge is 2.27. The van der Waals surface area contributed by atoms with Gasteiger partial charge in [-0.3, -0.25) is 15.0 Å². The Labute approximate surface area is 161 Å². The van der Waals surface area contributed by atoms with Gasteiger partial charge in [0.05, 0.1) is 19.3 Å². The molecule has 8 heteroatoms. The van der Waals surface area contributed by atoms with E-state index in [1.807, 2.05) is 23.1 Å². The molecule has 27 heavy (non-hydrogen) atoms. The average Bonchev–Trinajstić information content (AvgIpc) is 3.08. The van der Waals surface area contributed by atoms with Crippen LogP contribution >= 0.6 is 11.3 Å². The highest BCUT2D eigenvalue weighted by molar-refractivity contribution is 7.15. The number of rotatable bonds is 3. The lowest BCUT2D eigenvalue weighted by Gasteiger charge is -2.32. The van der Waals surface area contributed by atoms with Crippen LogP contribution < -0.4 is 10.2 Å². The largest absolute Gasteiger partial charge is 0.453 e. The number of methoxy groups -OCH3 is 1. The zero-order valence-electron chi connectivity index (χ0n) is 15.2. The van der Waals surface area contributed by atoms with E-state index in [0.717, 1.165) is 48.6 Å². The van der Waals surface area contributed by atoms with Crippen molar-refractivity contribution in [3.05, 3.63) is 40.4 Å². The summed E-state index contributed by atoms with van der Waals surface area (Å²) >= 11 is 1.44. The molecule has 2 amide bonds. The molecule has 2 aliphatic rings. The number of aryl methyl sites for hydroxylation is 1. The van der Waals surface area contributed by atoms with Gasteiger partial charge < -0.3 is 9.64 Å². The van der Waals surface area contributed by atoms with Gasteiger partial charge >= 0.3 is 6.09 Å². The van der Waals surface area contributed by atoms with Crippen LogP contribution in [0.2, 0.25) is 0 Å². The molecule has 2 aromatic rings. The Morgan fingerprint density at radius 3 is 2.96 bits per heavy atom. The molecule has 0 aliphatic carbocycles. The van der Waals surface area contributed by atoms with E-state index in [2.05, 4.69) is 26.0 Å². The Balaban J connectivity index is 1.42. The van der Waals surface area contributed by atoms with E-state index in [1.165, 1.54) is 24.0 Å². The van der Waals surface area contributed by atoms with Gasteiger partial charge in [-0.25, -0.2) is 9.78 Å². The smallest absolute Gasteiger partial charge is 0.413 e. The van der Waals surface area contributed by atoms with Gasteiger partial charge in [-0.05, 0) is 24.5 Å². The van der Waals surface area contributed by atoms with E-state index in [0.29, 0.717) is 18.2 Å². The highest BCUT2D eigenvalue weighted by Crippen LogP contribution is 2.30. The van der Waals surface area contributed by atoms with Gasteiger partial charge in [-0.1, -0.05) is 29.5 Å². The lowest BCUT2D eigenvalue weighted by Crippen LogP contribution is -2.44. The minimum atomic E-state index is -0.517. The number of para-hydroxylation sites is 1. The zero-order chi connectivity index (χ0) is 18.8. The first-order valence-corrected chi connectivity index (χ1v) is 9.90. The average molecular weight is 386 g/mol. The van der Waals surface area contributed by atoms with Crippen molar-refractivity contribution in [3.63, 3.8) is 0 Å². The third kappa shape index (κ3) is 3.81. The molecule has 7 nitrogen and oxygen atoms in total. The van der Waals surface area contributed by atoms with Gasteiger partial charge in [0.2, 0.25) is 5.91 Å². The van der Waals surface area contributed by atoms with Crippen LogP contribution in [0, 0.1) is 0 Å². The molecule has 0 spiro atoms. The maximum atomic E-state index is 12.9. The number of nitrogens with one attached hydrogen (secondary N) is 1. The molecule has 3 heterocycles. The van der Waals surface area contributed by atoms with E-state index in [1.54, 1.807) is 0 Å². The first-order valence-electron chi connectivity index (χ1n) is 9.08. The number of amides is 2. The second-order valence-electron chi connectivity index (χ2n) is 6.74. The summed E-state index contributed by atoms with van der Waals surface area (Å²) in [5.41, 5.74) is 3.30. The molecule has 1 aromatic carbocycles. The molecule has 142 valence electrons. The van der Waals surface area contributed by atoms with Crippen LogP contribution in [0.5, 0.6) is 0 Å². The minimum Gasteiger partial charge on any atom is -0.453 e. The first-order chi connectivity index (χ1) is 13.1. The second kappa shape index (κ2) is 7.66. The van der Waals surface area contributed by atoms with Crippen molar-refractivity contribution in [3.8, 4) is 0 Å². The van der Waals surface area contributed by atoms with Gasteiger partial charge in [0.1, 0.15) is 0 Å². The lowest BCUT2D eigenvalue weighted by atomic mass is 10.0.